The van der Waals surface area contributed by atoms with Crippen molar-refractivity contribution in [2.24, 2.45) is 0 Å². The van der Waals surface area contributed by atoms with E-state index in [2.05, 4.69) is 0 Å². The van der Waals surface area contributed by atoms with Crippen LogP contribution in [-0.2, 0) is 14.6 Å². The van der Waals surface area contributed by atoms with Crippen molar-refractivity contribution in [3.05, 3.63) is 0 Å². The van der Waals surface area contributed by atoms with Gasteiger partial charge >= 0.3 is 0 Å². The van der Waals surface area contributed by atoms with Crippen molar-refractivity contribution >= 4 is 39.1 Å². The van der Waals surface area contributed by atoms with Crippen LogP contribution in [0.5, 0.6) is 0 Å². The molecule has 2 unspecified atom stereocenters. The molecule has 0 spiro atoms. The quantitative estimate of drug-likeness (QED) is 0.725. The van der Waals surface area contributed by atoms with E-state index in [1.165, 1.54) is 4.90 Å². The van der Waals surface area contributed by atoms with E-state index in [1.807, 2.05) is 0 Å². The third kappa shape index (κ3) is 3.05. The molecule has 16 heavy (non-hydrogen) atoms. The summed E-state index contributed by atoms with van der Waals surface area (Å²) in [5.41, 5.74) is 0. The average molecular weight is 286 g/mol. The third-order valence-corrected chi connectivity index (χ3v) is 6.00. The number of thioether (sulfide) groups is 1. The first-order valence-electron chi connectivity index (χ1n) is 5.14. The van der Waals surface area contributed by atoms with Crippen LogP contribution in [0.4, 0.5) is 0 Å². The summed E-state index contributed by atoms with van der Waals surface area (Å²) in [5.74, 6) is 0.985. The molecule has 0 radical (unpaired) electrons. The van der Waals surface area contributed by atoms with E-state index in [-0.39, 0.29) is 11.7 Å². The number of hydrogen-bond donors (Lipinski definition) is 0. The monoisotopic (exact) mass is 285 g/mol. The maximum absolute atomic E-state index is 11.8. The summed E-state index contributed by atoms with van der Waals surface area (Å²) in [6, 6.07) is 0. The van der Waals surface area contributed by atoms with Gasteiger partial charge in [-0.15, -0.1) is 11.6 Å². The first-order valence-corrected chi connectivity index (χ1v) is 8.44. The number of rotatable bonds is 3. The number of alkyl halides is 1. The van der Waals surface area contributed by atoms with E-state index in [0.717, 1.165) is 5.75 Å². The van der Waals surface area contributed by atoms with Gasteiger partial charge in [0, 0.05) is 23.8 Å². The molecule has 0 aromatic rings. The maximum Gasteiger partial charge on any atom is 0.241 e. The Kier molecular flexibility index (Phi) is 4.94. The molecule has 1 amide bonds. The number of halogens is 1. The summed E-state index contributed by atoms with van der Waals surface area (Å²) < 4.78 is 23.7. The Hall–Kier alpha value is 0.0600. The van der Waals surface area contributed by atoms with E-state index in [1.54, 1.807) is 25.6 Å². The lowest BCUT2D eigenvalue weighted by Gasteiger charge is -2.35. The molecule has 1 rings (SSSR count). The van der Waals surface area contributed by atoms with Crippen LogP contribution in [0.15, 0.2) is 0 Å². The SMILES string of the molecule is CCS(=O)(=O)C1CSCCN1C(=O)C(C)Cl. The van der Waals surface area contributed by atoms with Crippen LogP contribution in [0, 0.1) is 0 Å². The second-order valence-electron chi connectivity index (χ2n) is 3.63. The van der Waals surface area contributed by atoms with Gasteiger partial charge in [-0.2, -0.15) is 11.8 Å². The summed E-state index contributed by atoms with van der Waals surface area (Å²) in [4.78, 5) is 13.2. The summed E-state index contributed by atoms with van der Waals surface area (Å²) in [6.07, 6.45) is 0. The molecule has 0 saturated carbocycles. The number of sulfone groups is 1. The number of carbonyl (C=O) groups excluding carboxylic acids is 1. The fourth-order valence-electron chi connectivity index (χ4n) is 1.55. The Bertz CT molecular complexity index is 356. The van der Waals surface area contributed by atoms with E-state index < -0.39 is 20.6 Å². The number of amides is 1. The summed E-state index contributed by atoms with van der Waals surface area (Å²) in [5, 5.41) is -1.37. The van der Waals surface area contributed by atoms with Gasteiger partial charge in [0.05, 0.1) is 0 Å². The van der Waals surface area contributed by atoms with Crippen molar-refractivity contribution in [2.45, 2.75) is 24.6 Å². The van der Waals surface area contributed by atoms with Crippen LogP contribution in [0.25, 0.3) is 0 Å². The van der Waals surface area contributed by atoms with E-state index in [0.29, 0.717) is 12.3 Å². The van der Waals surface area contributed by atoms with Crippen molar-refractivity contribution in [1.82, 2.24) is 4.90 Å². The predicted octanol–water partition coefficient (Wildman–Crippen LogP) is 0.950. The topological polar surface area (TPSA) is 54.5 Å². The summed E-state index contributed by atoms with van der Waals surface area (Å²) >= 11 is 7.29. The minimum Gasteiger partial charge on any atom is -0.323 e. The van der Waals surface area contributed by atoms with Gasteiger partial charge in [-0.05, 0) is 6.92 Å². The molecule has 4 nitrogen and oxygen atoms in total. The molecule has 2 atom stereocenters. The van der Waals surface area contributed by atoms with Crippen LogP contribution in [-0.4, -0.2) is 53.8 Å². The molecule has 0 aromatic heterocycles. The molecule has 1 fully saturated rings. The van der Waals surface area contributed by atoms with Crippen LogP contribution in [0.1, 0.15) is 13.8 Å². The van der Waals surface area contributed by atoms with Crippen molar-refractivity contribution in [2.75, 3.05) is 23.8 Å². The lowest BCUT2D eigenvalue weighted by atomic mass is 10.3. The van der Waals surface area contributed by atoms with Gasteiger partial charge < -0.3 is 4.90 Å². The first-order chi connectivity index (χ1) is 7.40. The first kappa shape index (κ1) is 14.1. The second-order valence-corrected chi connectivity index (χ2v) is 7.88. The lowest BCUT2D eigenvalue weighted by molar-refractivity contribution is -0.130. The molecule has 0 bridgehead atoms. The van der Waals surface area contributed by atoms with E-state index >= 15 is 0 Å². The Morgan fingerprint density at radius 3 is 2.75 bits per heavy atom. The van der Waals surface area contributed by atoms with Gasteiger partial charge in [-0.3, -0.25) is 4.79 Å². The van der Waals surface area contributed by atoms with Crippen LogP contribution in [0.3, 0.4) is 0 Å². The molecule has 0 aliphatic carbocycles. The Labute approximate surface area is 106 Å². The minimum absolute atomic E-state index is 0.0542. The Morgan fingerprint density at radius 1 is 1.62 bits per heavy atom. The second kappa shape index (κ2) is 5.60. The standard InChI is InChI=1S/C9H16ClNO3S2/c1-3-16(13,14)8-6-15-5-4-11(8)9(12)7(2)10/h7-8H,3-6H2,1-2H3. The van der Waals surface area contributed by atoms with Crippen molar-refractivity contribution < 1.29 is 13.2 Å². The summed E-state index contributed by atoms with van der Waals surface area (Å²) in [7, 11) is -3.22. The number of hydrogen-bond acceptors (Lipinski definition) is 4. The van der Waals surface area contributed by atoms with Crippen molar-refractivity contribution in [1.29, 1.82) is 0 Å². The van der Waals surface area contributed by atoms with Crippen molar-refractivity contribution in [3.63, 3.8) is 0 Å². The largest absolute Gasteiger partial charge is 0.323 e. The maximum atomic E-state index is 11.8. The van der Waals surface area contributed by atoms with Crippen LogP contribution >= 0.6 is 23.4 Å². The van der Waals surface area contributed by atoms with Gasteiger partial charge in [-0.1, -0.05) is 6.92 Å². The van der Waals surface area contributed by atoms with Gasteiger partial charge in [0.15, 0.2) is 9.84 Å². The molecule has 0 aromatic carbocycles. The zero-order valence-corrected chi connectivity index (χ0v) is 11.7. The predicted molar refractivity (Wildman–Crippen MR) is 67.6 cm³/mol. The van der Waals surface area contributed by atoms with Crippen LogP contribution < -0.4 is 0 Å². The molecule has 7 heteroatoms. The van der Waals surface area contributed by atoms with Gasteiger partial charge in [0.1, 0.15) is 10.8 Å². The van der Waals surface area contributed by atoms with E-state index in [9.17, 15) is 13.2 Å². The molecular formula is C9H16ClNO3S2. The fourth-order valence-corrected chi connectivity index (χ4v) is 4.65. The highest BCUT2D eigenvalue weighted by atomic mass is 35.5. The van der Waals surface area contributed by atoms with Gasteiger partial charge in [-0.25, -0.2) is 8.42 Å². The molecular weight excluding hydrogens is 270 g/mol. The minimum atomic E-state index is -3.22. The lowest BCUT2D eigenvalue weighted by Crippen LogP contribution is -2.52. The normalized spacial score (nSPS) is 24.2. The van der Waals surface area contributed by atoms with Crippen LogP contribution in [0.2, 0.25) is 0 Å². The zero-order valence-electron chi connectivity index (χ0n) is 9.35. The molecule has 1 aliphatic heterocycles. The highest BCUT2D eigenvalue weighted by Gasteiger charge is 2.36. The molecule has 1 saturated heterocycles. The average Bonchev–Trinajstić information content (AvgIpc) is 2.28. The fraction of sp³-hybridized carbons (Fsp3) is 0.889. The zero-order chi connectivity index (χ0) is 12.3. The molecule has 1 aliphatic rings. The number of nitrogens with zero attached hydrogens (tertiary/aromatic N) is 1. The third-order valence-electron chi connectivity index (χ3n) is 2.52. The Balaban J connectivity index is 2.92. The smallest absolute Gasteiger partial charge is 0.241 e. The van der Waals surface area contributed by atoms with Gasteiger partial charge in [0.2, 0.25) is 5.91 Å². The molecule has 0 N–H and O–H groups in total. The Morgan fingerprint density at radius 2 is 2.25 bits per heavy atom. The highest BCUT2D eigenvalue weighted by molar-refractivity contribution is 8.01. The highest BCUT2D eigenvalue weighted by Crippen LogP contribution is 2.22. The molecule has 1 heterocycles. The van der Waals surface area contributed by atoms with Gasteiger partial charge in [0.25, 0.3) is 0 Å². The number of carbonyl (C=O) groups is 1. The van der Waals surface area contributed by atoms with Crippen molar-refractivity contribution in [3.8, 4) is 0 Å². The summed E-state index contributed by atoms with van der Waals surface area (Å²) in [6.45, 7) is 3.63. The molecule has 94 valence electrons. The van der Waals surface area contributed by atoms with E-state index in [4.69, 9.17) is 11.6 Å².